The fourth-order valence-corrected chi connectivity index (χ4v) is 6.59. The lowest BCUT2D eigenvalue weighted by atomic mass is 9.99. The number of halogens is 2. The number of aliphatic hydroxyl groups is 1. The second kappa shape index (κ2) is 12.6. The minimum Gasteiger partial charge on any atom is -0.488 e. The zero-order valence-electron chi connectivity index (χ0n) is 23.5. The van der Waals surface area contributed by atoms with E-state index in [-0.39, 0.29) is 52.1 Å². The third kappa shape index (κ3) is 6.98. The third-order valence-corrected chi connectivity index (χ3v) is 9.45. The van der Waals surface area contributed by atoms with Crippen molar-refractivity contribution in [2.45, 2.75) is 51.3 Å². The molecule has 1 aromatic heterocycles. The topological polar surface area (TPSA) is 125 Å². The molecule has 3 atom stereocenters. The number of hydrogen-bond acceptors (Lipinski definition) is 8. The fourth-order valence-electron chi connectivity index (χ4n) is 4.89. The van der Waals surface area contributed by atoms with Gasteiger partial charge in [0.1, 0.15) is 17.5 Å². The van der Waals surface area contributed by atoms with Crippen molar-refractivity contribution in [3.05, 3.63) is 69.0 Å². The first-order valence-corrected chi connectivity index (χ1v) is 15.3. The average molecular weight is 626 g/mol. The van der Waals surface area contributed by atoms with Gasteiger partial charge in [-0.15, -0.1) is 0 Å². The summed E-state index contributed by atoms with van der Waals surface area (Å²) in [4.78, 5) is 17.4. The van der Waals surface area contributed by atoms with Crippen molar-refractivity contribution in [3.8, 4) is 5.75 Å². The molecule has 3 aromatic rings. The number of likely N-dealkylation sites (N-methyl/N-ethyl adjacent to an activating group) is 1. The fraction of sp³-hybridized carbons (Fsp3) is 0.429. The van der Waals surface area contributed by atoms with Gasteiger partial charge >= 0.3 is 0 Å². The van der Waals surface area contributed by atoms with Crippen molar-refractivity contribution in [1.82, 2.24) is 15.0 Å². The number of anilines is 1. The molecule has 222 valence electrons. The second-order valence-corrected chi connectivity index (χ2v) is 13.0. The van der Waals surface area contributed by atoms with Gasteiger partial charge in [0.05, 0.1) is 28.3 Å². The quantitative estimate of drug-likeness (QED) is 0.349. The first kappa shape index (κ1) is 31.1. The molecule has 41 heavy (non-hydrogen) atoms. The molecule has 0 saturated heterocycles. The van der Waals surface area contributed by atoms with Crippen LogP contribution in [-0.4, -0.2) is 73.3 Å². The van der Waals surface area contributed by atoms with Crippen LogP contribution in [0.2, 0.25) is 10.0 Å². The number of hydrogen-bond donors (Lipinski definition) is 2. The van der Waals surface area contributed by atoms with Crippen LogP contribution in [-0.2, 0) is 16.6 Å². The first-order chi connectivity index (χ1) is 19.3. The molecule has 2 N–H and O–H groups in total. The minimum absolute atomic E-state index is 0.0544. The number of sulfonamides is 1. The molecule has 4 rings (SSSR count). The Balaban J connectivity index is 1.64. The number of carbonyl (C=O) groups excluding carboxylic acids is 1. The predicted octanol–water partition coefficient (Wildman–Crippen LogP) is 4.75. The highest BCUT2D eigenvalue weighted by Crippen LogP contribution is 2.32. The Morgan fingerprint density at radius 1 is 1.20 bits per heavy atom. The van der Waals surface area contributed by atoms with Gasteiger partial charge in [0.15, 0.2) is 10.7 Å². The van der Waals surface area contributed by atoms with E-state index in [0.717, 1.165) is 5.56 Å². The number of amides is 1. The van der Waals surface area contributed by atoms with Crippen molar-refractivity contribution in [2.24, 2.45) is 5.92 Å². The maximum Gasteiger partial charge on any atom is 0.267 e. The van der Waals surface area contributed by atoms with Crippen molar-refractivity contribution < 1.29 is 27.6 Å². The van der Waals surface area contributed by atoms with E-state index < -0.39 is 16.1 Å². The van der Waals surface area contributed by atoms with Gasteiger partial charge in [-0.2, -0.15) is 0 Å². The summed E-state index contributed by atoms with van der Waals surface area (Å²) in [6, 6.07) is 9.62. The number of aromatic nitrogens is 1. The Morgan fingerprint density at radius 3 is 2.56 bits per heavy atom. The molecule has 0 unspecified atom stereocenters. The summed E-state index contributed by atoms with van der Waals surface area (Å²) < 4.78 is 40.2. The Morgan fingerprint density at radius 2 is 1.93 bits per heavy atom. The van der Waals surface area contributed by atoms with Gasteiger partial charge in [0, 0.05) is 31.2 Å². The van der Waals surface area contributed by atoms with Gasteiger partial charge in [0.25, 0.3) is 15.9 Å². The molecule has 0 spiro atoms. The number of ether oxygens (including phenoxy) is 1. The molecule has 0 radical (unpaired) electrons. The van der Waals surface area contributed by atoms with Crippen molar-refractivity contribution in [2.75, 3.05) is 31.5 Å². The summed E-state index contributed by atoms with van der Waals surface area (Å²) in [6.45, 7) is 8.04. The number of aliphatic hydroxyl groups excluding tert-OH is 1. The van der Waals surface area contributed by atoms with Gasteiger partial charge in [-0.05, 0) is 63.7 Å². The predicted molar refractivity (Wildman–Crippen MR) is 157 cm³/mol. The lowest BCUT2D eigenvalue weighted by molar-refractivity contribution is 0.0341. The highest BCUT2D eigenvalue weighted by Gasteiger charge is 2.34. The van der Waals surface area contributed by atoms with Crippen molar-refractivity contribution in [3.63, 3.8) is 0 Å². The number of rotatable bonds is 9. The van der Waals surface area contributed by atoms with Crippen LogP contribution in [0, 0.1) is 19.8 Å². The zero-order valence-corrected chi connectivity index (χ0v) is 25.8. The van der Waals surface area contributed by atoms with Crippen LogP contribution in [0.1, 0.15) is 41.2 Å². The van der Waals surface area contributed by atoms with Crippen LogP contribution < -0.4 is 9.46 Å². The largest absolute Gasteiger partial charge is 0.488 e. The second-order valence-electron chi connectivity index (χ2n) is 10.5. The van der Waals surface area contributed by atoms with Crippen LogP contribution >= 0.6 is 23.2 Å². The molecule has 0 bridgehead atoms. The van der Waals surface area contributed by atoms with Gasteiger partial charge in [-0.1, -0.05) is 41.3 Å². The smallest absolute Gasteiger partial charge is 0.267 e. The van der Waals surface area contributed by atoms with E-state index in [1.807, 2.05) is 26.1 Å². The Labute approximate surface area is 250 Å². The van der Waals surface area contributed by atoms with Crippen LogP contribution in [0.5, 0.6) is 5.75 Å². The number of nitrogens with one attached hydrogen (secondary N) is 1. The summed E-state index contributed by atoms with van der Waals surface area (Å²) in [5.74, 6) is 0.0276. The van der Waals surface area contributed by atoms with E-state index in [1.54, 1.807) is 30.0 Å². The Hall–Kier alpha value is -2.83. The normalized spacial score (nSPS) is 18.5. The average Bonchev–Trinajstić information content (AvgIpc) is 3.26. The summed E-state index contributed by atoms with van der Waals surface area (Å²) in [6.07, 6.45) is -0.326. The molecule has 2 aromatic carbocycles. The van der Waals surface area contributed by atoms with Crippen LogP contribution in [0.25, 0.3) is 0 Å². The van der Waals surface area contributed by atoms with Gasteiger partial charge in [-0.25, -0.2) is 8.42 Å². The standard InChI is InChI=1S/C28H34Cl2N4O6S/c1-16-12-34(17(2)15-35)28(36)22-11-21(32-41(37,38)27-18(3)31-40-19(27)4)7-9-25(22)39-26(16)14-33(5)13-20-6-8-23(29)24(30)10-20/h6-11,16-17,26,32,35H,12-15H2,1-5H3/t16-,17+,26+/m1/s1. The highest BCUT2D eigenvalue weighted by atomic mass is 35.5. The monoisotopic (exact) mass is 624 g/mol. The summed E-state index contributed by atoms with van der Waals surface area (Å²) in [5.41, 5.74) is 1.58. The molecule has 13 heteroatoms. The van der Waals surface area contributed by atoms with Crippen molar-refractivity contribution >= 4 is 44.8 Å². The Bertz CT molecular complexity index is 1510. The van der Waals surface area contributed by atoms with E-state index in [4.69, 9.17) is 32.5 Å². The molecule has 2 heterocycles. The number of nitrogens with zero attached hydrogens (tertiary/aromatic N) is 3. The molecule has 0 fully saturated rings. The number of benzene rings is 2. The van der Waals surface area contributed by atoms with E-state index in [0.29, 0.717) is 35.4 Å². The maximum atomic E-state index is 13.7. The number of carbonyl (C=O) groups is 1. The summed E-state index contributed by atoms with van der Waals surface area (Å²) in [5, 5.41) is 14.6. The number of aryl methyl sites for hydroxylation is 2. The maximum absolute atomic E-state index is 13.7. The summed E-state index contributed by atoms with van der Waals surface area (Å²) >= 11 is 12.3. The number of fused-ring (bicyclic) bond motifs is 1. The van der Waals surface area contributed by atoms with Gasteiger partial charge in [-0.3, -0.25) is 14.4 Å². The zero-order chi connectivity index (χ0) is 30.1. The van der Waals surface area contributed by atoms with E-state index in [2.05, 4.69) is 14.8 Å². The van der Waals surface area contributed by atoms with Gasteiger partial charge in [0.2, 0.25) is 0 Å². The molecule has 1 aliphatic heterocycles. The van der Waals surface area contributed by atoms with E-state index in [9.17, 15) is 18.3 Å². The summed E-state index contributed by atoms with van der Waals surface area (Å²) in [7, 11) is -2.07. The van der Waals surface area contributed by atoms with Crippen LogP contribution in [0.4, 0.5) is 5.69 Å². The molecular formula is C28H34Cl2N4O6S. The lowest BCUT2D eigenvalue weighted by Crippen LogP contribution is -2.49. The SMILES string of the molecule is Cc1noc(C)c1S(=O)(=O)Nc1ccc2c(c1)C(=O)N([C@@H](C)CO)C[C@@H](C)[C@H](CN(C)Cc1ccc(Cl)c(Cl)c1)O2. The lowest BCUT2D eigenvalue weighted by Gasteiger charge is -2.38. The van der Waals surface area contributed by atoms with E-state index >= 15 is 0 Å². The van der Waals surface area contributed by atoms with E-state index in [1.165, 1.54) is 19.9 Å². The van der Waals surface area contributed by atoms with Gasteiger partial charge < -0.3 is 19.3 Å². The highest BCUT2D eigenvalue weighted by molar-refractivity contribution is 7.92. The molecular weight excluding hydrogens is 591 g/mol. The third-order valence-electron chi connectivity index (χ3n) is 7.08. The Kier molecular flexibility index (Phi) is 9.55. The molecule has 1 aliphatic rings. The molecule has 0 saturated carbocycles. The van der Waals surface area contributed by atoms with Crippen molar-refractivity contribution in [1.29, 1.82) is 0 Å². The molecule has 1 amide bonds. The molecule has 0 aliphatic carbocycles. The van der Waals surface area contributed by atoms with Crippen LogP contribution in [0.15, 0.2) is 45.8 Å². The minimum atomic E-state index is -4.03. The van der Waals surface area contributed by atoms with Crippen LogP contribution in [0.3, 0.4) is 0 Å². The molecule has 10 nitrogen and oxygen atoms in total. The first-order valence-electron chi connectivity index (χ1n) is 13.1.